The van der Waals surface area contributed by atoms with E-state index in [1.54, 1.807) is 0 Å². The number of carbonyl (C=O) groups is 2. The number of esters is 1. The van der Waals surface area contributed by atoms with Crippen LogP contribution in [0.15, 0.2) is 24.3 Å². The molecule has 0 radical (unpaired) electrons. The summed E-state index contributed by atoms with van der Waals surface area (Å²) in [6, 6.07) is -0.537. The number of nitrogens with one attached hydrogen (secondary N) is 1. The molecular formula is C78H151NO5. The largest absolute Gasteiger partial charge is 0.466 e. The molecule has 0 aliphatic heterocycles. The van der Waals surface area contributed by atoms with Gasteiger partial charge >= 0.3 is 5.97 Å². The lowest BCUT2D eigenvalue weighted by Gasteiger charge is -2.22. The predicted molar refractivity (Wildman–Crippen MR) is 370 cm³/mol. The third-order valence-corrected chi connectivity index (χ3v) is 18.3. The van der Waals surface area contributed by atoms with Crippen molar-refractivity contribution in [2.45, 2.75) is 450 Å². The second-order valence-electron chi connectivity index (χ2n) is 26.7. The summed E-state index contributed by atoms with van der Waals surface area (Å²) in [4.78, 5) is 24.6. The predicted octanol–water partition coefficient (Wildman–Crippen LogP) is 25.3. The van der Waals surface area contributed by atoms with Crippen molar-refractivity contribution >= 4 is 11.9 Å². The van der Waals surface area contributed by atoms with E-state index in [2.05, 4.69) is 43.5 Å². The maximum atomic E-state index is 12.5. The molecule has 0 bridgehead atoms. The van der Waals surface area contributed by atoms with Crippen LogP contribution in [-0.4, -0.2) is 47.4 Å². The fourth-order valence-electron chi connectivity index (χ4n) is 12.4. The second kappa shape index (κ2) is 73.8. The normalized spacial score (nSPS) is 12.6. The second-order valence-corrected chi connectivity index (χ2v) is 26.7. The summed E-state index contributed by atoms with van der Waals surface area (Å²) in [7, 11) is 0. The van der Waals surface area contributed by atoms with Gasteiger partial charge in [-0.3, -0.25) is 9.59 Å². The average Bonchev–Trinajstić information content (AvgIpc) is 3.51. The number of aliphatic hydroxyl groups excluding tert-OH is 2. The molecule has 1 amide bonds. The minimum absolute atomic E-state index is 0.00986. The number of amides is 1. The quantitative estimate of drug-likeness (QED) is 0.0320. The first-order chi connectivity index (χ1) is 41.5. The Balaban J connectivity index is 3.30. The Hall–Kier alpha value is -1.66. The molecule has 0 saturated heterocycles. The van der Waals surface area contributed by atoms with Crippen molar-refractivity contribution in [1.29, 1.82) is 0 Å². The van der Waals surface area contributed by atoms with Gasteiger partial charge in [0.15, 0.2) is 0 Å². The average molecular weight is 1180 g/mol. The van der Waals surface area contributed by atoms with Gasteiger partial charge in [0, 0.05) is 12.8 Å². The highest BCUT2D eigenvalue weighted by Crippen LogP contribution is 2.20. The molecule has 2 unspecified atom stereocenters. The summed E-state index contributed by atoms with van der Waals surface area (Å²) in [5, 5.41) is 23.4. The molecule has 0 aliphatic rings. The number of aliphatic hydroxyl groups is 2. The topological polar surface area (TPSA) is 95.9 Å². The van der Waals surface area contributed by atoms with Crippen LogP contribution in [0, 0.1) is 0 Å². The Kier molecular flexibility index (Phi) is 72.3. The van der Waals surface area contributed by atoms with Crippen LogP contribution in [0.4, 0.5) is 0 Å². The van der Waals surface area contributed by atoms with E-state index in [-0.39, 0.29) is 18.5 Å². The molecule has 0 saturated carbocycles. The van der Waals surface area contributed by atoms with Gasteiger partial charge in [-0.05, 0) is 57.8 Å². The molecule has 0 aliphatic carbocycles. The highest BCUT2D eigenvalue weighted by atomic mass is 16.5. The molecule has 498 valence electrons. The molecule has 0 rings (SSSR count). The van der Waals surface area contributed by atoms with Crippen LogP contribution in [-0.2, 0) is 14.3 Å². The molecule has 3 N–H and O–H groups in total. The van der Waals surface area contributed by atoms with Crippen LogP contribution in [0.25, 0.3) is 0 Å². The van der Waals surface area contributed by atoms with E-state index in [0.717, 1.165) is 51.4 Å². The molecule has 0 spiro atoms. The summed E-state index contributed by atoms with van der Waals surface area (Å²) >= 11 is 0. The monoisotopic (exact) mass is 1180 g/mol. The van der Waals surface area contributed by atoms with Crippen molar-refractivity contribution < 1.29 is 24.5 Å². The van der Waals surface area contributed by atoms with Crippen molar-refractivity contribution in [3.05, 3.63) is 24.3 Å². The van der Waals surface area contributed by atoms with E-state index < -0.39 is 12.1 Å². The molecule has 6 nitrogen and oxygen atoms in total. The lowest BCUT2D eigenvalue weighted by atomic mass is 10.0. The van der Waals surface area contributed by atoms with Gasteiger partial charge in [-0.2, -0.15) is 0 Å². The lowest BCUT2D eigenvalue weighted by Crippen LogP contribution is -2.45. The van der Waals surface area contributed by atoms with Crippen molar-refractivity contribution in [1.82, 2.24) is 5.32 Å². The van der Waals surface area contributed by atoms with Gasteiger partial charge in [0.1, 0.15) is 0 Å². The zero-order chi connectivity index (χ0) is 60.6. The summed E-state index contributed by atoms with van der Waals surface area (Å²) in [5.74, 6) is -0.0160. The molecule has 2 atom stereocenters. The summed E-state index contributed by atoms with van der Waals surface area (Å²) in [5.41, 5.74) is 0. The number of hydrogen-bond donors (Lipinski definition) is 3. The van der Waals surface area contributed by atoms with E-state index in [1.807, 2.05) is 0 Å². The highest BCUT2D eigenvalue weighted by molar-refractivity contribution is 5.76. The Labute approximate surface area is 526 Å². The Bertz CT molecular complexity index is 1320. The van der Waals surface area contributed by atoms with E-state index in [4.69, 9.17) is 4.74 Å². The zero-order valence-corrected chi connectivity index (χ0v) is 57.2. The molecule has 0 aromatic rings. The molecular weight excluding hydrogens is 1030 g/mol. The van der Waals surface area contributed by atoms with E-state index >= 15 is 0 Å². The van der Waals surface area contributed by atoms with Gasteiger partial charge in [-0.1, -0.05) is 391 Å². The van der Waals surface area contributed by atoms with E-state index in [9.17, 15) is 19.8 Å². The third kappa shape index (κ3) is 69.4. The van der Waals surface area contributed by atoms with Crippen LogP contribution in [0.3, 0.4) is 0 Å². The van der Waals surface area contributed by atoms with Crippen molar-refractivity contribution in [3.8, 4) is 0 Å². The number of unbranched alkanes of at least 4 members (excludes halogenated alkanes) is 58. The van der Waals surface area contributed by atoms with Gasteiger partial charge in [0.2, 0.25) is 5.91 Å². The van der Waals surface area contributed by atoms with E-state index in [0.29, 0.717) is 25.9 Å². The SMILES string of the molecule is CCCCCC/C=C\C/C=C\CCCCCCCC(=O)OCCCCCCCCCCCCCCCCCCCCCCCCCCCCCCCCCCCCCC(=O)NC(CO)C(O)CCCCCCCCCCCCCCCCCC. The van der Waals surface area contributed by atoms with Crippen molar-refractivity contribution in [2.24, 2.45) is 0 Å². The van der Waals surface area contributed by atoms with Gasteiger partial charge in [-0.15, -0.1) is 0 Å². The van der Waals surface area contributed by atoms with Gasteiger partial charge in [0.05, 0.1) is 25.4 Å². The summed E-state index contributed by atoms with van der Waals surface area (Å²) in [6.07, 6.45) is 94.1. The van der Waals surface area contributed by atoms with Crippen LogP contribution in [0.5, 0.6) is 0 Å². The van der Waals surface area contributed by atoms with Crippen LogP contribution in [0.2, 0.25) is 0 Å². The highest BCUT2D eigenvalue weighted by Gasteiger charge is 2.20. The minimum Gasteiger partial charge on any atom is -0.466 e. The number of hydrogen-bond acceptors (Lipinski definition) is 5. The van der Waals surface area contributed by atoms with Crippen molar-refractivity contribution in [3.63, 3.8) is 0 Å². The maximum absolute atomic E-state index is 12.5. The van der Waals surface area contributed by atoms with Gasteiger partial charge < -0.3 is 20.3 Å². The van der Waals surface area contributed by atoms with Crippen LogP contribution in [0.1, 0.15) is 438 Å². The van der Waals surface area contributed by atoms with Gasteiger partial charge in [-0.25, -0.2) is 0 Å². The first-order valence-corrected chi connectivity index (χ1v) is 38.6. The number of rotatable bonds is 73. The fourth-order valence-corrected chi connectivity index (χ4v) is 12.4. The molecule has 84 heavy (non-hydrogen) atoms. The number of allylic oxidation sites excluding steroid dienone is 4. The Morgan fingerprint density at radius 1 is 0.333 bits per heavy atom. The fraction of sp³-hybridized carbons (Fsp3) is 0.923. The molecule has 0 heterocycles. The maximum Gasteiger partial charge on any atom is 0.305 e. The first kappa shape index (κ1) is 82.3. The first-order valence-electron chi connectivity index (χ1n) is 38.6. The van der Waals surface area contributed by atoms with Crippen molar-refractivity contribution in [2.75, 3.05) is 13.2 Å². The van der Waals surface area contributed by atoms with Crippen LogP contribution < -0.4 is 5.32 Å². The minimum atomic E-state index is -0.660. The standard InChI is InChI=1S/C78H151NO5/c1-3-5-7-9-11-13-15-17-19-42-46-50-54-58-62-66-70-76(81)75(74-80)79-77(82)71-67-63-59-55-51-47-43-40-38-36-34-32-30-28-26-24-22-21-23-25-27-29-31-33-35-37-39-41-45-49-53-57-61-65-69-73-84-78(83)72-68-64-60-56-52-48-44-20-18-16-14-12-10-8-6-4-2/h14,16,20,44,75-76,80-81H,3-13,15,17-19,21-43,45-74H2,1-2H3,(H,79,82)/b16-14-,44-20-. The molecule has 6 heteroatoms. The summed E-state index contributed by atoms with van der Waals surface area (Å²) in [6.45, 7) is 4.97. The van der Waals surface area contributed by atoms with Crippen LogP contribution >= 0.6 is 0 Å². The molecule has 0 aromatic heterocycles. The summed E-state index contributed by atoms with van der Waals surface area (Å²) < 4.78 is 5.50. The molecule has 0 aromatic carbocycles. The smallest absolute Gasteiger partial charge is 0.305 e. The number of ether oxygens (including phenoxy) is 1. The third-order valence-electron chi connectivity index (χ3n) is 18.3. The van der Waals surface area contributed by atoms with Gasteiger partial charge in [0.25, 0.3) is 0 Å². The Morgan fingerprint density at radius 3 is 0.917 bits per heavy atom. The van der Waals surface area contributed by atoms with E-state index in [1.165, 1.54) is 353 Å². The molecule has 0 fully saturated rings. The lowest BCUT2D eigenvalue weighted by molar-refractivity contribution is -0.143. The Morgan fingerprint density at radius 2 is 0.595 bits per heavy atom. The number of carbonyl (C=O) groups excluding carboxylic acids is 2. The zero-order valence-electron chi connectivity index (χ0n) is 57.2.